The number of hydrogen-bond acceptors (Lipinski definition) is 2. The summed E-state index contributed by atoms with van der Waals surface area (Å²) in [6, 6.07) is 11.5. The molecule has 0 spiro atoms. The summed E-state index contributed by atoms with van der Waals surface area (Å²) in [5.74, 6) is -0.229. The highest BCUT2D eigenvalue weighted by atomic mass is 16.2. The van der Waals surface area contributed by atoms with Gasteiger partial charge in [0.2, 0.25) is 0 Å². The number of hydrogen-bond donors (Lipinski definition) is 0. The molecule has 0 bridgehead atoms. The summed E-state index contributed by atoms with van der Waals surface area (Å²) in [5, 5.41) is 1.79. The van der Waals surface area contributed by atoms with Crippen LogP contribution < -0.4 is 0 Å². The standard InChI is InChI=1S/C18H17NO2/c20-17-14-10-4-6-12-7-5-11-15(16(12)14)18(21)19(17)13-8-2-1-3-9-13/h4-7,10-11,13H,1-3,8-9H2. The third kappa shape index (κ3) is 1.80. The molecule has 2 amide bonds. The van der Waals surface area contributed by atoms with Crippen LogP contribution in [0, 0.1) is 0 Å². The molecule has 0 radical (unpaired) electrons. The molecule has 1 heterocycles. The van der Waals surface area contributed by atoms with E-state index in [0.717, 1.165) is 36.5 Å². The summed E-state index contributed by atoms with van der Waals surface area (Å²) in [5.41, 5.74) is 1.35. The lowest BCUT2D eigenvalue weighted by atomic mass is 9.89. The van der Waals surface area contributed by atoms with Gasteiger partial charge in [-0.05, 0) is 30.4 Å². The van der Waals surface area contributed by atoms with E-state index in [1.807, 2.05) is 36.4 Å². The molecule has 0 aromatic heterocycles. The molecule has 2 aromatic carbocycles. The zero-order chi connectivity index (χ0) is 14.4. The van der Waals surface area contributed by atoms with Gasteiger partial charge in [0.05, 0.1) is 0 Å². The first-order chi connectivity index (χ1) is 10.3. The predicted molar refractivity (Wildman–Crippen MR) is 81.3 cm³/mol. The Labute approximate surface area is 123 Å². The van der Waals surface area contributed by atoms with Crippen molar-refractivity contribution in [3.05, 3.63) is 47.5 Å². The topological polar surface area (TPSA) is 37.4 Å². The largest absolute Gasteiger partial charge is 0.271 e. The van der Waals surface area contributed by atoms with E-state index in [1.54, 1.807) is 0 Å². The second-order valence-electron chi connectivity index (χ2n) is 5.98. The molecule has 1 aliphatic heterocycles. The van der Waals surface area contributed by atoms with Crippen molar-refractivity contribution in [2.24, 2.45) is 0 Å². The summed E-state index contributed by atoms with van der Waals surface area (Å²) >= 11 is 0. The maximum Gasteiger partial charge on any atom is 0.261 e. The van der Waals surface area contributed by atoms with Crippen molar-refractivity contribution in [1.29, 1.82) is 0 Å². The minimum atomic E-state index is -0.115. The summed E-state index contributed by atoms with van der Waals surface area (Å²) in [7, 11) is 0. The number of imide groups is 1. The van der Waals surface area contributed by atoms with Gasteiger partial charge in [-0.3, -0.25) is 14.5 Å². The average molecular weight is 279 g/mol. The highest BCUT2D eigenvalue weighted by Gasteiger charge is 2.37. The molecule has 0 N–H and O–H groups in total. The lowest BCUT2D eigenvalue weighted by Gasteiger charge is -2.35. The molecule has 2 aliphatic rings. The second kappa shape index (κ2) is 4.69. The van der Waals surface area contributed by atoms with E-state index >= 15 is 0 Å². The molecular weight excluding hydrogens is 262 g/mol. The first kappa shape index (κ1) is 12.6. The number of carbonyl (C=O) groups excluding carboxylic acids is 2. The van der Waals surface area contributed by atoms with Gasteiger partial charge < -0.3 is 0 Å². The van der Waals surface area contributed by atoms with E-state index in [2.05, 4.69) is 0 Å². The molecule has 3 nitrogen and oxygen atoms in total. The van der Waals surface area contributed by atoms with Gasteiger partial charge >= 0.3 is 0 Å². The van der Waals surface area contributed by atoms with Gasteiger partial charge in [-0.15, -0.1) is 0 Å². The smallest absolute Gasteiger partial charge is 0.261 e. The first-order valence-electron chi connectivity index (χ1n) is 7.67. The Balaban J connectivity index is 1.88. The molecule has 106 valence electrons. The molecule has 1 saturated carbocycles. The lowest BCUT2D eigenvalue weighted by molar-refractivity contribution is 0.0503. The summed E-state index contributed by atoms with van der Waals surface area (Å²) in [6.07, 6.45) is 5.30. The zero-order valence-electron chi connectivity index (χ0n) is 11.8. The third-order valence-corrected chi connectivity index (χ3v) is 4.74. The number of nitrogens with zero attached hydrogens (tertiary/aromatic N) is 1. The molecule has 2 aromatic rings. The average Bonchev–Trinajstić information content (AvgIpc) is 2.54. The van der Waals surface area contributed by atoms with Crippen molar-refractivity contribution in [1.82, 2.24) is 4.90 Å². The van der Waals surface area contributed by atoms with Gasteiger partial charge in [0.15, 0.2) is 0 Å². The summed E-state index contributed by atoms with van der Waals surface area (Å²) < 4.78 is 0. The molecule has 0 unspecified atom stereocenters. The number of amides is 2. The summed E-state index contributed by atoms with van der Waals surface area (Å²) in [4.78, 5) is 27.2. The van der Waals surface area contributed by atoms with E-state index in [4.69, 9.17) is 0 Å². The van der Waals surface area contributed by atoms with Crippen molar-refractivity contribution in [3.63, 3.8) is 0 Å². The predicted octanol–water partition coefficient (Wildman–Crippen LogP) is 3.77. The van der Waals surface area contributed by atoms with Crippen molar-refractivity contribution in [3.8, 4) is 0 Å². The quantitative estimate of drug-likeness (QED) is 0.745. The fourth-order valence-corrected chi connectivity index (χ4v) is 3.72. The van der Waals surface area contributed by atoms with Crippen LogP contribution in [0.5, 0.6) is 0 Å². The Kier molecular flexibility index (Phi) is 2.81. The molecule has 0 saturated heterocycles. The molecule has 1 aliphatic carbocycles. The highest BCUT2D eigenvalue weighted by Crippen LogP contribution is 2.33. The SMILES string of the molecule is O=C1c2cccc3cccc(c23)C(=O)N1C1CCCCC1. The third-order valence-electron chi connectivity index (χ3n) is 4.74. The van der Waals surface area contributed by atoms with Crippen LogP contribution in [0.15, 0.2) is 36.4 Å². The minimum absolute atomic E-state index is 0.0716. The van der Waals surface area contributed by atoms with Crippen LogP contribution in [0.1, 0.15) is 52.8 Å². The summed E-state index contributed by atoms with van der Waals surface area (Å²) in [6.45, 7) is 0. The number of carbonyl (C=O) groups is 2. The van der Waals surface area contributed by atoms with Gasteiger partial charge in [0.1, 0.15) is 0 Å². The fourth-order valence-electron chi connectivity index (χ4n) is 3.72. The van der Waals surface area contributed by atoms with Gasteiger partial charge in [-0.2, -0.15) is 0 Å². The van der Waals surface area contributed by atoms with E-state index in [1.165, 1.54) is 11.3 Å². The molecule has 4 rings (SSSR count). The van der Waals surface area contributed by atoms with Crippen LogP contribution in [-0.2, 0) is 0 Å². The zero-order valence-corrected chi connectivity index (χ0v) is 11.8. The van der Waals surface area contributed by atoms with Gasteiger partial charge in [-0.25, -0.2) is 0 Å². The van der Waals surface area contributed by atoms with Crippen LogP contribution in [0.2, 0.25) is 0 Å². The van der Waals surface area contributed by atoms with Crippen LogP contribution in [0.25, 0.3) is 10.8 Å². The van der Waals surface area contributed by atoms with Crippen molar-refractivity contribution in [2.75, 3.05) is 0 Å². The van der Waals surface area contributed by atoms with Crippen LogP contribution in [0.3, 0.4) is 0 Å². The minimum Gasteiger partial charge on any atom is -0.271 e. The van der Waals surface area contributed by atoms with Crippen molar-refractivity contribution >= 4 is 22.6 Å². The molecule has 0 atom stereocenters. The monoisotopic (exact) mass is 279 g/mol. The van der Waals surface area contributed by atoms with Crippen molar-refractivity contribution < 1.29 is 9.59 Å². The molecule has 3 heteroatoms. The lowest BCUT2D eigenvalue weighted by Crippen LogP contribution is -2.47. The van der Waals surface area contributed by atoms with E-state index in [0.29, 0.717) is 11.1 Å². The second-order valence-corrected chi connectivity index (χ2v) is 5.98. The Morgan fingerprint density at radius 2 is 1.38 bits per heavy atom. The van der Waals surface area contributed by atoms with Gasteiger partial charge in [0, 0.05) is 22.6 Å². The molecular formula is C18H17NO2. The highest BCUT2D eigenvalue weighted by molar-refractivity contribution is 6.25. The molecule has 21 heavy (non-hydrogen) atoms. The Hall–Kier alpha value is -2.16. The fraction of sp³-hybridized carbons (Fsp3) is 0.333. The Morgan fingerprint density at radius 1 is 0.810 bits per heavy atom. The van der Waals surface area contributed by atoms with Crippen LogP contribution >= 0.6 is 0 Å². The normalized spacial score (nSPS) is 19.3. The van der Waals surface area contributed by atoms with Gasteiger partial charge in [-0.1, -0.05) is 43.5 Å². The van der Waals surface area contributed by atoms with Gasteiger partial charge in [0.25, 0.3) is 11.8 Å². The van der Waals surface area contributed by atoms with Crippen LogP contribution in [0.4, 0.5) is 0 Å². The number of benzene rings is 2. The van der Waals surface area contributed by atoms with Crippen molar-refractivity contribution in [2.45, 2.75) is 38.1 Å². The molecule has 1 fully saturated rings. The Morgan fingerprint density at radius 3 is 1.95 bits per heavy atom. The number of rotatable bonds is 1. The maximum absolute atomic E-state index is 12.8. The van der Waals surface area contributed by atoms with Crippen LogP contribution in [-0.4, -0.2) is 22.8 Å². The van der Waals surface area contributed by atoms with E-state index < -0.39 is 0 Å². The first-order valence-corrected chi connectivity index (χ1v) is 7.67. The van der Waals surface area contributed by atoms with E-state index in [-0.39, 0.29) is 17.9 Å². The Bertz CT molecular complexity index is 693. The van der Waals surface area contributed by atoms with E-state index in [9.17, 15) is 9.59 Å². The maximum atomic E-state index is 12.8.